The van der Waals surface area contributed by atoms with Crippen molar-refractivity contribution in [2.45, 2.75) is 76.5 Å². The Morgan fingerprint density at radius 3 is 1.89 bits per heavy atom. The molecule has 2 N–H and O–H groups in total. The van der Waals surface area contributed by atoms with Crippen LogP contribution in [0.5, 0.6) is 11.5 Å². The van der Waals surface area contributed by atoms with Crippen molar-refractivity contribution in [2.75, 3.05) is 0 Å². The molecule has 0 spiro atoms. The Morgan fingerprint density at radius 2 is 1.43 bits per heavy atom. The van der Waals surface area contributed by atoms with E-state index in [0.29, 0.717) is 23.7 Å². The minimum Gasteiger partial charge on any atom is -0.508 e. The average molecular weight is 381 g/mol. The molecule has 0 heterocycles. The van der Waals surface area contributed by atoms with Gasteiger partial charge >= 0.3 is 0 Å². The number of carbonyl (C=O) groups is 1. The molecule has 7 aliphatic rings. The number of ketones is 1. The van der Waals surface area contributed by atoms with Crippen LogP contribution in [-0.2, 0) is 10.2 Å². The van der Waals surface area contributed by atoms with E-state index in [9.17, 15) is 15.0 Å². The molecule has 3 nitrogen and oxygen atoms in total. The summed E-state index contributed by atoms with van der Waals surface area (Å²) in [4.78, 5) is 12.6. The summed E-state index contributed by atoms with van der Waals surface area (Å²) in [6.45, 7) is 4.35. The molecule has 7 saturated carbocycles. The van der Waals surface area contributed by atoms with Crippen LogP contribution in [0.25, 0.3) is 0 Å². The average Bonchev–Trinajstić information content (AvgIpc) is 2.59. The molecule has 0 amide bonds. The van der Waals surface area contributed by atoms with E-state index in [4.69, 9.17) is 0 Å². The Hall–Kier alpha value is -1.51. The summed E-state index contributed by atoms with van der Waals surface area (Å²) >= 11 is 0. The minimum atomic E-state index is -0.0436. The van der Waals surface area contributed by atoms with Gasteiger partial charge in [-0.05, 0) is 97.1 Å². The minimum absolute atomic E-state index is 0.0164. The largest absolute Gasteiger partial charge is 0.508 e. The summed E-state index contributed by atoms with van der Waals surface area (Å²) in [5.41, 5.74) is 1.93. The highest BCUT2D eigenvalue weighted by Crippen LogP contribution is 2.65. The molecule has 7 aliphatic carbocycles. The molecule has 0 aliphatic heterocycles. The van der Waals surface area contributed by atoms with E-state index < -0.39 is 0 Å². The van der Waals surface area contributed by atoms with Gasteiger partial charge in [-0.2, -0.15) is 0 Å². The second-order valence-electron chi connectivity index (χ2n) is 11.6. The number of carbonyl (C=O) groups excluding carboxylic acids is 1. The van der Waals surface area contributed by atoms with Crippen LogP contribution in [0.1, 0.15) is 82.3 Å². The van der Waals surface area contributed by atoms with Crippen LogP contribution >= 0.6 is 0 Å². The number of Topliss-reactive ketones (excluding diaryl/α,β-unsaturated/α-hetero) is 1. The number of fused-ring (bicyclic) bond motifs is 2. The lowest BCUT2D eigenvalue weighted by Gasteiger charge is -2.59. The predicted octanol–water partition coefficient (Wildman–Crippen LogP) is 5.28. The number of benzene rings is 1. The number of aromatic hydroxyl groups is 2. The van der Waals surface area contributed by atoms with Gasteiger partial charge < -0.3 is 10.2 Å². The predicted molar refractivity (Wildman–Crippen MR) is 107 cm³/mol. The lowest BCUT2D eigenvalue weighted by atomic mass is 9.44. The smallest absolute Gasteiger partial charge is 0.137 e. The van der Waals surface area contributed by atoms with Crippen molar-refractivity contribution < 1.29 is 15.0 Å². The summed E-state index contributed by atoms with van der Waals surface area (Å²) in [5, 5.41) is 22.1. The lowest BCUT2D eigenvalue weighted by Crippen LogP contribution is -2.56. The number of hydrogen-bond acceptors (Lipinski definition) is 3. The quantitative estimate of drug-likeness (QED) is 0.733. The molecule has 0 unspecified atom stereocenters. The van der Waals surface area contributed by atoms with Gasteiger partial charge in [0.05, 0.1) is 0 Å². The monoisotopic (exact) mass is 380 g/mol. The molecule has 3 heteroatoms. The first-order valence-electron chi connectivity index (χ1n) is 11.4. The third-order valence-electron chi connectivity index (χ3n) is 9.80. The van der Waals surface area contributed by atoms with E-state index in [0.717, 1.165) is 29.7 Å². The van der Waals surface area contributed by atoms with E-state index in [1.54, 1.807) is 0 Å². The van der Waals surface area contributed by atoms with Crippen LogP contribution in [0.4, 0.5) is 0 Å². The van der Waals surface area contributed by atoms with Gasteiger partial charge in [-0.15, -0.1) is 0 Å². The molecule has 1 aromatic rings. The number of phenolic OH excluding ortho intramolecular Hbond substituents is 2. The Balaban J connectivity index is 1.38. The van der Waals surface area contributed by atoms with Crippen molar-refractivity contribution in [1.29, 1.82) is 0 Å². The molecular formula is C25H32O3. The number of rotatable bonds is 2. The third kappa shape index (κ3) is 2.14. The van der Waals surface area contributed by atoms with Gasteiger partial charge in [0.2, 0.25) is 0 Å². The van der Waals surface area contributed by atoms with Gasteiger partial charge in [0, 0.05) is 23.8 Å². The molecule has 3 atom stereocenters. The zero-order chi connectivity index (χ0) is 19.4. The lowest BCUT2D eigenvalue weighted by molar-refractivity contribution is -0.151. The molecule has 150 valence electrons. The Labute approximate surface area is 167 Å². The maximum Gasteiger partial charge on any atom is 0.137 e. The Kier molecular flexibility index (Phi) is 3.31. The van der Waals surface area contributed by atoms with Crippen molar-refractivity contribution in [3.05, 3.63) is 23.3 Å². The zero-order valence-corrected chi connectivity index (χ0v) is 17.1. The molecule has 0 radical (unpaired) electrons. The molecule has 0 saturated heterocycles. The van der Waals surface area contributed by atoms with E-state index in [1.807, 2.05) is 12.1 Å². The fraction of sp³-hybridized carbons (Fsp3) is 0.720. The van der Waals surface area contributed by atoms with E-state index in [1.165, 1.54) is 38.5 Å². The molecule has 28 heavy (non-hydrogen) atoms. The van der Waals surface area contributed by atoms with Crippen molar-refractivity contribution >= 4 is 5.78 Å². The Bertz CT molecular complexity index is 808. The highest BCUT2D eigenvalue weighted by molar-refractivity contribution is 5.86. The summed E-state index contributed by atoms with van der Waals surface area (Å²) < 4.78 is 0. The van der Waals surface area contributed by atoms with Crippen molar-refractivity contribution in [1.82, 2.24) is 0 Å². The standard InChI is InChI=1S/C25H32O3/c1-24(2)18-9-19(24)20(26)8-17(18)23-21(27)6-16(7-22(23)28)25-10-13-3-14(11-25)5-15(4-13)12-25/h6-7,13-15,17-19,27-28H,3-5,8-12H2,1-2H3/t13?,14?,15?,17-,18-,19+,25?/m1/s1. The highest BCUT2D eigenvalue weighted by atomic mass is 16.3. The molecule has 8 rings (SSSR count). The van der Waals surface area contributed by atoms with Gasteiger partial charge in [0.15, 0.2) is 0 Å². The SMILES string of the molecule is CC1(C)[C@@H]2C[C@H]1C(=O)C[C@H]2c1c(O)cc(C23CC4CC(CC(C4)C2)C3)cc1O. The first-order valence-corrected chi connectivity index (χ1v) is 11.4. The number of hydrogen-bond donors (Lipinski definition) is 2. The second kappa shape index (κ2) is 5.34. The fourth-order valence-electron chi connectivity index (χ4n) is 8.77. The maximum absolute atomic E-state index is 12.6. The summed E-state index contributed by atoms with van der Waals surface area (Å²) in [5.74, 6) is 3.76. The topological polar surface area (TPSA) is 57.5 Å². The van der Waals surface area contributed by atoms with E-state index >= 15 is 0 Å². The zero-order valence-electron chi connectivity index (χ0n) is 17.1. The third-order valence-corrected chi connectivity index (χ3v) is 9.80. The van der Waals surface area contributed by atoms with Crippen molar-refractivity contribution in [2.24, 2.45) is 35.0 Å². The first-order chi connectivity index (χ1) is 13.3. The van der Waals surface area contributed by atoms with Crippen molar-refractivity contribution in [3.8, 4) is 11.5 Å². The van der Waals surface area contributed by atoms with Crippen molar-refractivity contribution in [3.63, 3.8) is 0 Å². The van der Waals surface area contributed by atoms with E-state index in [-0.39, 0.29) is 34.2 Å². The highest BCUT2D eigenvalue weighted by Gasteiger charge is 2.59. The Morgan fingerprint density at radius 1 is 0.893 bits per heavy atom. The van der Waals surface area contributed by atoms with E-state index in [2.05, 4.69) is 13.8 Å². The summed E-state index contributed by atoms with van der Waals surface area (Å²) in [7, 11) is 0. The molecular weight excluding hydrogens is 348 g/mol. The van der Waals surface area contributed by atoms with Crippen LogP contribution in [0.3, 0.4) is 0 Å². The van der Waals surface area contributed by atoms with Gasteiger partial charge in [0.25, 0.3) is 0 Å². The second-order valence-corrected chi connectivity index (χ2v) is 11.6. The van der Waals surface area contributed by atoms with Gasteiger partial charge in [-0.3, -0.25) is 4.79 Å². The summed E-state index contributed by atoms with van der Waals surface area (Å²) in [6, 6.07) is 3.93. The van der Waals surface area contributed by atoms with Crippen LogP contribution in [0.15, 0.2) is 12.1 Å². The van der Waals surface area contributed by atoms with Crippen LogP contribution in [0, 0.1) is 35.0 Å². The normalized spacial score (nSPS) is 45.1. The fourth-order valence-corrected chi connectivity index (χ4v) is 8.77. The first kappa shape index (κ1) is 17.4. The molecule has 0 aromatic heterocycles. The number of phenols is 2. The van der Waals surface area contributed by atoms with Gasteiger partial charge in [-0.25, -0.2) is 0 Å². The van der Waals surface area contributed by atoms with Crippen LogP contribution in [-0.4, -0.2) is 16.0 Å². The van der Waals surface area contributed by atoms with Crippen LogP contribution in [0.2, 0.25) is 0 Å². The molecule has 6 bridgehead atoms. The van der Waals surface area contributed by atoms with Gasteiger partial charge in [0.1, 0.15) is 17.3 Å². The maximum atomic E-state index is 12.6. The molecule has 7 fully saturated rings. The molecule has 1 aromatic carbocycles. The summed E-state index contributed by atoms with van der Waals surface area (Å²) in [6.07, 6.45) is 9.19. The van der Waals surface area contributed by atoms with Crippen LogP contribution < -0.4 is 0 Å². The van der Waals surface area contributed by atoms with Gasteiger partial charge in [-0.1, -0.05) is 13.8 Å².